The van der Waals surface area contributed by atoms with Crippen LogP contribution in [0.25, 0.3) is 0 Å². The molecular weight excluding hydrogens is 178 g/mol. The largest absolute Gasteiger partial charge is 0.477 e. The molecule has 0 aromatic carbocycles. The van der Waals surface area contributed by atoms with E-state index in [0.717, 1.165) is 11.3 Å². The van der Waals surface area contributed by atoms with Crippen LogP contribution in [0.15, 0.2) is 4.79 Å². The minimum absolute atomic E-state index is 0.141. The van der Waals surface area contributed by atoms with Crippen LogP contribution >= 0.6 is 11.3 Å². The van der Waals surface area contributed by atoms with Gasteiger partial charge in [0.15, 0.2) is 0 Å². The number of carboxylic acids is 1. The quantitative estimate of drug-likeness (QED) is 0.749. The molecule has 0 unspecified atom stereocenters. The maximum Gasteiger partial charge on any atom is 0.347 e. The van der Waals surface area contributed by atoms with Crippen molar-refractivity contribution < 1.29 is 9.90 Å². The highest BCUT2D eigenvalue weighted by molar-refractivity contribution is 7.11. The number of hydrogen-bond acceptors (Lipinski definition) is 3. The molecule has 0 aliphatic carbocycles. The molecule has 0 atom stereocenters. The summed E-state index contributed by atoms with van der Waals surface area (Å²) in [6.45, 7) is 3.98. The van der Waals surface area contributed by atoms with Crippen molar-refractivity contribution in [2.24, 2.45) is 0 Å². The Morgan fingerprint density at radius 3 is 2.50 bits per heavy atom. The van der Waals surface area contributed by atoms with E-state index in [0.29, 0.717) is 12.2 Å². The molecule has 4 nitrogen and oxygen atoms in total. The molecular formula is C7H9NO3S. The number of carbonyl (C=O) groups is 1. The number of thiazole rings is 1. The van der Waals surface area contributed by atoms with Crippen molar-refractivity contribution in [3.05, 3.63) is 20.2 Å². The molecule has 0 amide bonds. The van der Waals surface area contributed by atoms with E-state index < -0.39 is 5.97 Å². The van der Waals surface area contributed by atoms with Gasteiger partial charge in [-0.15, -0.1) is 0 Å². The van der Waals surface area contributed by atoms with Crippen molar-refractivity contribution in [1.82, 2.24) is 4.57 Å². The number of rotatable bonds is 2. The fraction of sp³-hybridized carbons (Fsp3) is 0.429. The van der Waals surface area contributed by atoms with E-state index in [4.69, 9.17) is 5.11 Å². The Hall–Kier alpha value is -1.10. The predicted molar refractivity (Wildman–Crippen MR) is 45.9 cm³/mol. The lowest BCUT2D eigenvalue weighted by molar-refractivity contribution is 0.0701. The minimum atomic E-state index is -1.03. The summed E-state index contributed by atoms with van der Waals surface area (Å²) in [6, 6.07) is 0. The van der Waals surface area contributed by atoms with E-state index in [9.17, 15) is 9.59 Å². The van der Waals surface area contributed by atoms with Crippen molar-refractivity contribution in [2.75, 3.05) is 0 Å². The van der Waals surface area contributed by atoms with E-state index in [1.807, 2.05) is 6.92 Å². The first-order valence-electron chi connectivity index (χ1n) is 3.51. The zero-order valence-electron chi connectivity index (χ0n) is 6.83. The lowest BCUT2D eigenvalue weighted by atomic mass is 10.4. The van der Waals surface area contributed by atoms with Gasteiger partial charge in [0.2, 0.25) is 0 Å². The van der Waals surface area contributed by atoms with E-state index in [1.54, 1.807) is 6.92 Å². The molecule has 1 heterocycles. The van der Waals surface area contributed by atoms with E-state index in [-0.39, 0.29) is 9.75 Å². The summed E-state index contributed by atoms with van der Waals surface area (Å²) in [7, 11) is 0. The zero-order chi connectivity index (χ0) is 9.30. The van der Waals surface area contributed by atoms with Crippen LogP contribution in [0.3, 0.4) is 0 Å². The normalized spacial score (nSPS) is 10.2. The Bertz CT molecular complexity index is 363. The third-order valence-corrected chi connectivity index (χ3v) is 2.72. The fourth-order valence-electron chi connectivity index (χ4n) is 1.04. The topological polar surface area (TPSA) is 59.3 Å². The van der Waals surface area contributed by atoms with Gasteiger partial charge in [-0.2, -0.15) is 0 Å². The third-order valence-electron chi connectivity index (χ3n) is 1.65. The molecule has 0 saturated heterocycles. The van der Waals surface area contributed by atoms with Crippen LogP contribution in [-0.2, 0) is 6.54 Å². The Morgan fingerprint density at radius 1 is 1.67 bits per heavy atom. The molecule has 0 bridgehead atoms. The summed E-state index contributed by atoms with van der Waals surface area (Å²) in [5.74, 6) is -1.03. The highest BCUT2D eigenvalue weighted by atomic mass is 32.1. The minimum Gasteiger partial charge on any atom is -0.477 e. The molecule has 0 saturated carbocycles. The molecule has 1 aromatic heterocycles. The first-order chi connectivity index (χ1) is 5.57. The first-order valence-corrected chi connectivity index (χ1v) is 4.33. The van der Waals surface area contributed by atoms with Crippen LogP contribution in [0.4, 0.5) is 0 Å². The van der Waals surface area contributed by atoms with Crippen molar-refractivity contribution in [3.8, 4) is 0 Å². The maximum absolute atomic E-state index is 11.1. The Morgan fingerprint density at radius 2 is 2.25 bits per heavy atom. The molecule has 0 spiro atoms. The maximum atomic E-state index is 11.1. The Balaban J connectivity index is 3.36. The molecule has 1 aromatic rings. The standard InChI is InChI=1S/C7H9NO3S/c1-3-8-4(2)5(6(9)10)12-7(8)11/h3H2,1-2H3,(H,9,10). The SMILES string of the molecule is CCn1c(C)c(C(=O)O)sc1=O. The lowest BCUT2D eigenvalue weighted by Crippen LogP contribution is -2.12. The molecule has 1 N–H and O–H groups in total. The van der Waals surface area contributed by atoms with E-state index in [2.05, 4.69) is 0 Å². The summed E-state index contributed by atoms with van der Waals surface area (Å²) in [5, 5.41) is 8.66. The van der Waals surface area contributed by atoms with Gasteiger partial charge in [-0.25, -0.2) is 4.79 Å². The molecule has 0 aliphatic heterocycles. The van der Waals surface area contributed by atoms with Crippen LogP contribution in [0.2, 0.25) is 0 Å². The summed E-state index contributed by atoms with van der Waals surface area (Å²) in [5.41, 5.74) is 0.542. The second-order valence-electron chi connectivity index (χ2n) is 2.33. The average Bonchev–Trinajstić information content (AvgIpc) is 2.27. The predicted octanol–water partition coefficient (Wildman–Crippen LogP) is 0.936. The van der Waals surface area contributed by atoms with Gasteiger partial charge >= 0.3 is 10.8 Å². The fourth-order valence-corrected chi connectivity index (χ4v) is 1.94. The van der Waals surface area contributed by atoms with Crippen LogP contribution < -0.4 is 4.87 Å². The van der Waals surface area contributed by atoms with Crippen molar-refractivity contribution in [1.29, 1.82) is 0 Å². The number of carboxylic acid groups (broad SMARTS) is 1. The number of aromatic carboxylic acids is 1. The molecule has 66 valence electrons. The van der Waals surface area contributed by atoms with E-state index in [1.165, 1.54) is 4.57 Å². The van der Waals surface area contributed by atoms with Crippen molar-refractivity contribution in [2.45, 2.75) is 20.4 Å². The molecule has 12 heavy (non-hydrogen) atoms. The summed E-state index contributed by atoms with van der Waals surface area (Å²) in [6.07, 6.45) is 0. The summed E-state index contributed by atoms with van der Waals surface area (Å²) < 4.78 is 1.45. The highest BCUT2D eigenvalue weighted by Gasteiger charge is 2.14. The Kier molecular flexibility index (Phi) is 2.32. The van der Waals surface area contributed by atoms with Gasteiger partial charge < -0.3 is 9.67 Å². The zero-order valence-corrected chi connectivity index (χ0v) is 7.64. The van der Waals surface area contributed by atoms with Crippen molar-refractivity contribution in [3.63, 3.8) is 0 Å². The van der Waals surface area contributed by atoms with Crippen LogP contribution in [0.1, 0.15) is 22.3 Å². The van der Waals surface area contributed by atoms with Crippen LogP contribution in [0, 0.1) is 6.92 Å². The van der Waals surface area contributed by atoms with Crippen molar-refractivity contribution >= 4 is 17.3 Å². The first kappa shape index (κ1) is 8.99. The number of hydrogen-bond donors (Lipinski definition) is 1. The third kappa shape index (κ3) is 1.27. The van der Waals surface area contributed by atoms with Gasteiger partial charge in [0, 0.05) is 12.2 Å². The van der Waals surface area contributed by atoms with Gasteiger partial charge in [0.05, 0.1) is 0 Å². The summed E-state index contributed by atoms with van der Waals surface area (Å²) >= 11 is 0.782. The highest BCUT2D eigenvalue weighted by Crippen LogP contribution is 2.10. The molecule has 5 heteroatoms. The van der Waals surface area contributed by atoms with Crippen LogP contribution in [0.5, 0.6) is 0 Å². The number of aromatic nitrogens is 1. The van der Waals surface area contributed by atoms with Gasteiger partial charge in [-0.05, 0) is 13.8 Å². The second kappa shape index (κ2) is 3.10. The van der Waals surface area contributed by atoms with Crippen LogP contribution in [-0.4, -0.2) is 15.6 Å². The second-order valence-corrected chi connectivity index (χ2v) is 3.29. The molecule has 0 aliphatic rings. The monoisotopic (exact) mass is 187 g/mol. The molecule has 0 radical (unpaired) electrons. The van der Waals surface area contributed by atoms with Gasteiger partial charge in [0.1, 0.15) is 4.88 Å². The average molecular weight is 187 g/mol. The smallest absolute Gasteiger partial charge is 0.347 e. The van der Waals surface area contributed by atoms with E-state index >= 15 is 0 Å². The summed E-state index contributed by atoms with van der Waals surface area (Å²) in [4.78, 5) is 21.6. The number of nitrogens with zero attached hydrogens (tertiary/aromatic N) is 1. The van der Waals surface area contributed by atoms with Gasteiger partial charge in [0.25, 0.3) is 0 Å². The Labute approximate surface area is 73.1 Å². The van der Waals surface area contributed by atoms with Gasteiger partial charge in [-0.3, -0.25) is 4.79 Å². The molecule has 1 rings (SSSR count). The lowest BCUT2D eigenvalue weighted by Gasteiger charge is -1.97. The van der Waals surface area contributed by atoms with Gasteiger partial charge in [-0.1, -0.05) is 11.3 Å². The molecule has 0 fully saturated rings.